The molecular formula is C25H28N6O3S2. The molecule has 3 rings (SSSR count). The van der Waals surface area contributed by atoms with Crippen LogP contribution in [0, 0.1) is 23.7 Å². The molecular weight excluding hydrogens is 496 g/mol. The van der Waals surface area contributed by atoms with Crippen molar-refractivity contribution >= 4 is 58.1 Å². The maximum atomic E-state index is 12.9. The van der Waals surface area contributed by atoms with Crippen molar-refractivity contribution in [2.24, 2.45) is 0 Å². The van der Waals surface area contributed by atoms with Gasteiger partial charge in [-0.2, -0.15) is 17.0 Å². The zero-order valence-electron chi connectivity index (χ0n) is 20.2. The van der Waals surface area contributed by atoms with E-state index in [9.17, 15) is 19.6 Å². The van der Waals surface area contributed by atoms with Gasteiger partial charge in [0.15, 0.2) is 5.57 Å². The van der Waals surface area contributed by atoms with Crippen molar-refractivity contribution < 1.29 is 9.59 Å². The first-order valence-electron chi connectivity index (χ1n) is 11.4. The van der Waals surface area contributed by atoms with Crippen molar-refractivity contribution in [2.45, 2.75) is 13.5 Å². The molecule has 36 heavy (non-hydrogen) atoms. The van der Waals surface area contributed by atoms with Crippen LogP contribution in [0.5, 0.6) is 0 Å². The number of thioether (sulfide) groups is 1. The van der Waals surface area contributed by atoms with Crippen molar-refractivity contribution in [3.05, 3.63) is 43.8 Å². The van der Waals surface area contributed by atoms with Gasteiger partial charge in [0.2, 0.25) is 5.91 Å². The Morgan fingerprint density at radius 2 is 2.06 bits per heavy atom. The molecule has 11 heteroatoms. The maximum Gasteiger partial charge on any atom is 0.270 e. The van der Waals surface area contributed by atoms with Gasteiger partial charge in [0.25, 0.3) is 11.5 Å². The van der Waals surface area contributed by atoms with E-state index in [-0.39, 0.29) is 28.2 Å². The largest absolute Gasteiger partial charge is 0.360 e. The van der Waals surface area contributed by atoms with Gasteiger partial charge < -0.3 is 15.5 Å². The number of nitriles is 1. The monoisotopic (exact) mass is 524 g/mol. The molecule has 2 heterocycles. The second-order valence-corrected chi connectivity index (χ2v) is 10.1. The summed E-state index contributed by atoms with van der Waals surface area (Å²) in [6, 6.07) is 9.22. The molecule has 0 radical (unpaired) electrons. The lowest BCUT2D eigenvalue weighted by atomic mass is 10.2. The minimum absolute atomic E-state index is 0.0134. The lowest BCUT2D eigenvalue weighted by molar-refractivity contribution is -0.119. The highest BCUT2D eigenvalue weighted by Crippen LogP contribution is 2.19. The topological polar surface area (TPSA) is 110 Å². The summed E-state index contributed by atoms with van der Waals surface area (Å²) in [6.07, 6.45) is 6.72. The minimum Gasteiger partial charge on any atom is -0.360 e. The first-order chi connectivity index (χ1) is 17.4. The van der Waals surface area contributed by atoms with Crippen LogP contribution in [-0.4, -0.2) is 66.0 Å². The normalized spacial score (nSPS) is 14.9. The molecule has 0 spiro atoms. The molecule has 9 nitrogen and oxygen atoms in total. The second-order valence-electron chi connectivity index (χ2n) is 7.87. The number of carbonyl (C=O) groups excluding carboxylic acids is 2. The maximum absolute atomic E-state index is 12.9. The Morgan fingerprint density at radius 1 is 1.31 bits per heavy atom. The first-order valence-corrected chi connectivity index (χ1v) is 13.4. The van der Waals surface area contributed by atoms with Gasteiger partial charge in [0, 0.05) is 55.8 Å². The van der Waals surface area contributed by atoms with Crippen molar-refractivity contribution in [3.63, 3.8) is 0 Å². The van der Waals surface area contributed by atoms with Crippen molar-refractivity contribution in [2.75, 3.05) is 54.9 Å². The highest BCUT2D eigenvalue weighted by atomic mass is 32.2. The van der Waals surface area contributed by atoms with E-state index in [2.05, 4.69) is 21.5 Å². The molecule has 1 aromatic carbocycles. The Balaban J connectivity index is 1.84. The number of benzene rings is 1. The number of thiazole rings is 1. The SMILES string of the molecule is C#CCNC(=O)/C(C#N)=c1\s/c(=C/Nc2cccc(N(C)C(=O)CN3CCSCC3)c2)c(=O)n1CC. The van der Waals surface area contributed by atoms with E-state index in [1.165, 1.54) is 4.57 Å². The summed E-state index contributed by atoms with van der Waals surface area (Å²) >= 11 is 2.95. The van der Waals surface area contributed by atoms with Gasteiger partial charge in [0.05, 0.1) is 13.1 Å². The quantitative estimate of drug-likeness (QED) is 0.475. The number of anilines is 2. The molecule has 1 saturated heterocycles. The van der Waals surface area contributed by atoms with E-state index in [4.69, 9.17) is 6.42 Å². The van der Waals surface area contributed by atoms with Crippen LogP contribution in [0.3, 0.4) is 0 Å². The number of aromatic nitrogens is 1. The predicted molar refractivity (Wildman–Crippen MR) is 146 cm³/mol. The summed E-state index contributed by atoms with van der Waals surface area (Å²) in [4.78, 5) is 41.8. The molecule has 0 aliphatic carbocycles. The van der Waals surface area contributed by atoms with Gasteiger partial charge in [-0.05, 0) is 25.1 Å². The van der Waals surface area contributed by atoms with Gasteiger partial charge in [-0.15, -0.1) is 17.8 Å². The van der Waals surface area contributed by atoms with Crippen LogP contribution in [0.15, 0.2) is 29.1 Å². The second kappa shape index (κ2) is 13.0. The number of hydrogen-bond acceptors (Lipinski definition) is 8. The van der Waals surface area contributed by atoms with E-state index < -0.39 is 5.91 Å². The Hall–Kier alpha value is -3.51. The third-order valence-corrected chi connectivity index (χ3v) is 7.64. The fourth-order valence-corrected chi connectivity index (χ4v) is 5.63. The molecule has 1 aromatic heterocycles. The number of rotatable bonds is 8. The van der Waals surface area contributed by atoms with Crippen LogP contribution < -0.4 is 30.3 Å². The van der Waals surface area contributed by atoms with E-state index in [0.717, 1.165) is 41.6 Å². The fourth-order valence-electron chi connectivity index (χ4n) is 3.56. The van der Waals surface area contributed by atoms with E-state index in [1.54, 1.807) is 25.1 Å². The van der Waals surface area contributed by atoms with Crippen LogP contribution >= 0.6 is 23.1 Å². The van der Waals surface area contributed by atoms with E-state index in [1.807, 2.05) is 42.1 Å². The molecule has 1 aliphatic rings. The molecule has 2 amide bonds. The number of terminal acetylenes is 1. The summed E-state index contributed by atoms with van der Waals surface area (Å²) in [7, 11) is 1.75. The van der Waals surface area contributed by atoms with Crippen molar-refractivity contribution in [3.8, 4) is 18.4 Å². The fraction of sp³-hybridized carbons (Fsp3) is 0.360. The number of hydrogen-bond donors (Lipinski definition) is 2. The van der Waals surface area contributed by atoms with Crippen LogP contribution in [0.2, 0.25) is 0 Å². The predicted octanol–water partition coefficient (Wildman–Crippen LogP) is 0.215. The number of nitrogens with one attached hydrogen (secondary N) is 2. The smallest absolute Gasteiger partial charge is 0.270 e. The molecule has 1 fully saturated rings. The Morgan fingerprint density at radius 3 is 2.72 bits per heavy atom. The molecule has 0 atom stereocenters. The highest BCUT2D eigenvalue weighted by Gasteiger charge is 2.18. The van der Waals surface area contributed by atoms with Gasteiger partial charge in [-0.3, -0.25) is 23.9 Å². The first kappa shape index (κ1) is 27.1. The van der Waals surface area contributed by atoms with Gasteiger partial charge >= 0.3 is 0 Å². The zero-order chi connectivity index (χ0) is 26.1. The van der Waals surface area contributed by atoms with Gasteiger partial charge in [-0.25, -0.2) is 0 Å². The summed E-state index contributed by atoms with van der Waals surface area (Å²) in [5, 5.41) is 15.1. The van der Waals surface area contributed by atoms with Crippen LogP contribution in [0.1, 0.15) is 6.92 Å². The standard InChI is InChI=1S/C25H28N6O3S2/c1-4-9-27-23(33)20(15-26)25-31(5-2)24(34)21(36-25)16-28-18-7-6-8-19(14-18)29(3)22(32)17-30-10-12-35-13-11-30/h1,6-8,14,16,28H,5,9-13,17H2,2-3H3,(H,27,33)/b21-16+,25-20-. The molecule has 2 N–H and O–H groups in total. The van der Waals surface area contributed by atoms with Crippen LogP contribution in [0.4, 0.5) is 11.4 Å². The molecule has 0 unspecified atom stereocenters. The summed E-state index contributed by atoms with van der Waals surface area (Å²) < 4.78 is 1.98. The highest BCUT2D eigenvalue weighted by molar-refractivity contribution is 7.99. The van der Waals surface area contributed by atoms with Crippen molar-refractivity contribution in [1.82, 2.24) is 14.8 Å². The average molecular weight is 525 g/mol. The number of carbonyl (C=O) groups is 2. The summed E-state index contributed by atoms with van der Waals surface area (Å²) in [5.41, 5.74) is 0.942. The van der Waals surface area contributed by atoms with Gasteiger partial charge in [-0.1, -0.05) is 12.0 Å². The minimum atomic E-state index is -0.623. The zero-order valence-corrected chi connectivity index (χ0v) is 21.9. The number of amides is 2. The summed E-state index contributed by atoms with van der Waals surface area (Å²) in [5.74, 6) is 3.76. The lowest BCUT2D eigenvalue weighted by Crippen LogP contribution is -2.42. The lowest BCUT2D eigenvalue weighted by Gasteiger charge is -2.27. The van der Waals surface area contributed by atoms with E-state index in [0.29, 0.717) is 23.3 Å². The molecule has 2 aromatic rings. The molecule has 0 bridgehead atoms. The number of likely N-dealkylation sites (N-methyl/N-ethyl adjacent to an activating group) is 1. The Labute approximate surface area is 218 Å². The molecule has 0 saturated carbocycles. The molecule has 188 valence electrons. The van der Waals surface area contributed by atoms with Gasteiger partial charge in [0.1, 0.15) is 15.3 Å². The van der Waals surface area contributed by atoms with E-state index >= 15 is 0 Å². The van der Waals surface area contributed by atoms with Crippen LogP contribution in [-0.2, 0) is 16.1 Å². The molecule has 1 aliphatic heterocycles. The average Bonchev–Trinajstić information content (AvgIpc) is 3.21. The third kappa shape index (κ3) is 6.58. The van der Waals surface area contributed by atoms with Crippen molar-refractivity contribution in [1.29, 1.82) is 5.26 Å². The third-order valence-electron chi connectivity index (χ3n) is 5.57. The van der Waals surface area contributed by atoms with Crippen LogP contribution in [0.25, 0.3) is 11.8 Å². The number of nitrogens with zero attached hydrogens (tertiary/aromatic N) is 4. The Bertz CT molecular complexity index is 1380. The summed E-state index contributed by atoms with van der Waals surface area (Å²) in [6.45, 7) is 4.25. The Kier molecular flexibility index (Phi) is 9.77.